The molecule has 0 N–H and O–H groups in total. The molecule has 0 fully saturated rings. The lowest BCUT2D eigenvalue weighted by Gasteiger charge is -2.05. The predicted molar refractivity (Wildman–Crippen MR) is 94.3 cm³/mol. The summed E-state index contributed by atoms with van der Waals surface area (Å²) in [6.45, 7) is 0. The highest BCUT2D eigenvalue weighted by molar-refractivity contribution is 5.84. The minimum atomic E-state index is 0.692. The number of benzene rings is 2. The van der Waals surface area contributed by atoms with Crippen LogP contribution in [0.3, 0.4) is 0 Å². The molecule has 6 heteroatoms. The highest BCUT2D eigenvalue weighted by atomic mass is 16.5. The Balaban J connectivity index is 2.15. The van der Waals surface area contributed by atoms with Crippen LogP contribution in [-0.4, -0.2) is 40.9 Å². The zero-order chi connectivity index (χ0) is 17.4. The minimum Gasteiger partial charge on any atom is -0.497 e. The molecule has 0 unspecified atom stereocenters. The normalized spacial score (nSPS) is 11.0. The third kappa shape index (κ3) is 4.74. The fourth-order valence-corrected chi connectivity index (χ4v) is 2.01. The molecule has 0 aromatic heterocycles. The predicted octanol–water partition coefficient (Wildman–Crippen LogP) is 3.17. The quantitative estimate of drug-likeness (QED) is 0.578. The van der Waals surface area contributed by atoms with E-state index >= 15 is 0 Å². The van der Waals surface area contributed by atoms with E-state index in [1.165, 1.54) is 0 Å². The minimum absolute atomic E-state index is 0.692. The van der Waals surface area contributed by atoms with Gasteiger partial charge in [0, 0.05) is 23.3 Å². The first kappa shape index (κ1) is 17.3. The summed E-state index contributed by atoms with van der Waals surface area (Å²) in [5, 5.41) is 8.10. The van der Waals surface area contributed by atoms with Crippen LogP contribution in [0.1, 0.15) is 11.1 Å². The lowest BCUT2D eigenvalue weighted by atomic mass is 10.2. The second-order valence-electron chi connectivity index (χ2n) is 4.78. The lowest BCUT2D eigenvalue weighted by molar-refractivity contribution is 0.394. The fourth-order valence-electron chi connectivity index (χ4n) is 2.01. The number of hydrogen-bond donors (Lipinski definition) is 0. The van der Waals surface area contributed by atoms with Gasteiger partial charge < -0.3 is 18.9 Å². The molecule has 0 saturated carbocycles. The summed E-state index contributed by atoms with van der Waals surface area (Å²) < 4.78 is 20.9. The van der Waals surface area contributed by atoms with E-state index in [2.05, 4.69) is 10.2 Å². The SMILES string of the molecule is COc1cc(C=NN=Cc2cc(OC)cc(OC)c2)cc(OC)c1. The van der Waals surface area contributed by atoms with Gasteiger partial charge in [0.1, 0.15) is 23.0 Å². The van der Waals surface area contributed by atoms with E-state index in [1.807, 2.05) is 24.3 Å². The van der Waals surface area contributed by atoms with Gasteiger partial charge in [-0.25, -0.2) is 0 Å². The molecular weight excluding hydrogens is 308 g/mol. The zero-order valence-electron chi connectivity index (χ0n) is 14.1. The van der Waals surface area contributed by atoms with Gasteiger partial charge in [0.2, 0.25) is 0 Å². The first-order chi connectivity index (χ1) is 11.7. The summed E-state index contributed by atoms with van der Waals surface area (Å²) >= 11 is 0. The molecule has 0 aliphatic rings. The third-order valence-electron chi connectivity index (χ3n) is 3.23. The summed E-state index contributed by atoms with van der Waals surface area (Å²) in [5.41, 5.74) is 1.65. The van der Waals surface area contributed by atoms with Crippen molar-refractivity contribution in [2.24, 2.45) is 10.2 Å². The molecule has 0 heterocycles. The highest BCUT2D eigenvalue weighted by Gasteiger charge is 2.01. The summed E-state index contributed by atoms with van der Waals surface area (Å²) in [5.74, 6) is 2.77. The van der Waals surface area contributed by atoms with E-state index in [0.29, 0.717) is 23.0 Å². The topological polar surface area (TPSA) is 61.6 Å². The molecule has 2 aromatic rings. The molecule has 2 aromatic carbocycles. The van der Waals surface area contributed by atoms with E-state index < -0.39 is 0 Å². The van der Waals surface area contributed by atoms with Crippen LogP contribution < -0.4 is 18.9 Å². The van der Waals surface area contributed by atoms with Crippen molar-refractivity contribution < 1.29 is 18.9 Å². The van der Waals surface area contributed by atoms with Crippen molar-refractivity contribution >= 4 is 12.4 Å². The molecule has 2 rings (SSSR count). The van der Waals surface area contributed by atoms with Gasteiger partial charge in [-0.15, -0.1) is 0 Å². The van der Waals surface area contributed by atoms with Gasteiger partial charge in [0.15, 0.2) is 0 Å². The molecule has 0 spiro atoms. The monoisotopic (exact) mass is 328 g/mol. The summed E-state index contributed by atoms with van der Waals surface area (Å²) in [6, 6.07) is 11.0. The average Bonchev–Trinajstić information content (AvgIpc) is 2.64. The number of hydrogen-bond acceptors (Lipinski definition) is 6. The van der Waals surface area contributed by atoms with E-state index in [1.54, 1.807) is 53.0 Å². The lowest BCUT2D eigenvalue weighted by Crippen LogP contribution is -1.91. The molecule has 0 amide bonds. The molecule has 0 aliphatic heterocycles. The Kier molecular flexibility index (Phi) is 6.19. The smallest absolute Gasteiger partial charge is 0.123 e. The van der Waals surface area contributed by atoms with Gasteiger partial charge in [-0.1, -0.05) is 0 Å². The first-order valence-corrected chi connectivity index (χ1v) is 7.21. The van der Waals surface area contributed by atoms with Crippen LogP contribution in [0.4, 0.5) is 0 Å². The number of methoxy groups -OCH3 is 4. The van der Waals surface area contributed by atoms with Crippen LogP contribution in [0, 0.1) is 0 Å². The van der Waals surface area contributed by atoms with Crippen molar-refractivity contribution in [3.05, 3.63) is 47.5 Å². The van der Waals surface area contributed by atoms with E-state index in [4.69, 9.17) is 18.9 Å². The molecule has 0 saturated heterocycles. The summed E-state index contributed by atoms with van der Waals surface area (Å²) in [7, 11) is 6.40. The molecular formula is C18H20N2O4. The molecule has 126 valence electrons. The highest BCUT2D eigenvalue weighted by Crippen LogP contribution is 2.22. The second-order valence-corrected chi connectivity index (χ2v) is 4.78. The number of nitrogens with zero attached hydrogens (tertiary/aromatic N) is 2. The molecule has 0 aliphatic carbocycles. The van der Waals surface area contributed by atoms with Crippen LogP contribution in [0.2, 0.25) is 0 Å². The van der Waals surface area contributed by atoms with Crippen molar-refractivity contribution in [1.29, 1.82) is 0 Å². The molecule has 0 atom stereocenters. The Hall–Kier alpha value is -3.02. The maximum atomic E-state index is 5.22. The van der Waals surface area contributed by atoms with Gasteiger partial charge in [0.05, 0.1) is 40.9 Å². The van der Waals surface area contributed by atoms with E-state index in [-0.39, 0.29) is 0 Å². The van der Waals surface area contributed by atoms with Crippen molar-refractivity contribution in [3.8, 4) is 23.0 Å². The Morgan fingerprint density at radius 3 is 1.08 bits per heavy atom. The fraction of sp³-hybridized carbons (Fsp3) is 0.222. The zero-order valence-corrected chi connectivity index (χ0v) is 14.1. The average molecular weight is 328 g/mol. The van der Waals surface area contributed by atoms with E-state index in [0.717, 1.165) is 11.1 Å². The van der Waals surface area contributed by atoms with Crippen molar-refractivity contribution in [1.82, 2.24) is 0 Å². The molecule has 24 heavy (non-hydrogen) atoms. The van der Waals surface area contributed by atoms with Crippen LogP contribution in [0.25, 0.3) is 0 Å². The van der Waals surface area contributed by atoms with Gasteiger partial charge in [0.25, 0.3) is 0 Å². The third-order valence-corrected chi connectivity index (χ3v) is 3.23. The van der Waals surface area contributed by atoms with Gasteiger partial charge in [-0.3, -0.25) is 0 Å². The second kappa shape index (κ2) is 8.57. The van der Waals surface area contributed by atoms with E-state index in [9.17, 15) is 0 Å². The van der Waals surface area contributed by atoms with Crippen LogP contribution in [0.15, 0.2) is 46.6 Å². The Morgan fingerprint density at radius 2 is 0.833 bits per heavy atom. The van der Waals surface area contributed by atoms with Crippen LogP contribution in [-0.2, 0) is 0 Å². The van der Waals surface area contributed by atoms with Crippen molar-refractivity contribution in [2.45, 2.75) is 0 Å². The van der Waals surface area contributed by atoms with Gasteiger partial charge in [-0.05, 0) is 24.3 Å². The standard InChI is InChI=1S/C18H20N2O4/c1-21-15-5-13(6-16(9-15)22-2)11-19-20-12-14-7-17(23-3)10-18(8-14)24-4/h5-12H,1-4H3. The van der Waals surface area contributed by atoms with Crippen molar-refractivity contribution in [2.75, 3.05) is 28.4 Å². The number of ether oxygens (including phenoxy) is 4. The summed E-state index contributed by atoms with van der Waals surface area (Å²) in [6.07, 6.45) is 3.25. The first-order valence-electron chi connectivity index (χ1n) is 7.21. The summed E-state index contributed by atoms with van der Waals surface area (Å²) in [4.78, 5) is 0. The van der Waals surface area contributed by atoms with Crippen molar-refractivity contribution in [3.63, 3.8) is 0 Å². The van der Waals surface area contributed by atoms with Crippen LogP contribution >= 0.6 is 0 Å². The molecule has 0 bridgehead atoms. The maximum Gasteiger partial charge on any atom is 0.123 e. The Morgan fingerprint density at radius 1 is 0.542 bits per heavy atom. The largest absolute Gasteiger partial charge is 0.497 e. The Labute approximate surface area is 141 Å². The van der Waals surface area contributed by atoms with Gasteiger partial charge in [-0.2, -0.15) is 10.2 Å². The number of rotatable bonds is 7. The molecule has 6 nitrogen and oxygen atoms in total. The maximum absolute atomic E-state index is 5.22. The van der Waals surface area contributed by atoms with Gasteiger partial charge >= 0.3 is 0 Å². The Bertz CT molecular complexity index is 634. The molecule has 0 radical (unpaired) electrons. The van der Waals surface area contributed by atoms with Crippen LogP contribution in [0.5, 0.6) is 23.0 Å².